The maximum atomic E-state index is 10.8. The van der Waals surface area contributed by atoms with Gasteiger partial charge in [-0.25, -0.2) is 0 Å². The molecule has 1 aromatic rings. The minimum Gasteiger partial charge on any atom is -0.454 e. The zero-order valence-corrected chi connectivity index (χ0v) is 10.2. The van der Waals surface area contributed by atoms with Crippen molar-refractivity contribution in [2.45, 2.75) is 26.7 Å². The van der Waals surface area contributed by atoms with E-state index < -0.39 is 0 Å². The van der Waals surface area contributed by atoms with Crippen LogP contribution in [-0.2, 0) is 4.79 Å². The molecule has 0 spiro atoms. The Morgan fingerprint density at radius 2 is 2.06 bits per heavy atom. The van der Waals surface area contributed by atoms with Crippen molar-refractivity contribution in [1.82, 2.24) is 0 Å². The van der Waals surface area contributed by atoms with Crippen LogP contribution in [0.4, 0.5) is 5.69 Å². The second kappa shape index (κ2) is 5.08. The lowest BCUT2D eigenvalue weighted by atomic mass is 10.1. The first-order valence-corrected chi connectivity index (χ1v) is 5.80. The normalized spacial score (nSPS) is 12.6. The summed E-state index contributed by atoms with van der Waals surface area (Å²) in [4.78, 5) is 10.8. The standard InChI is InChI=1S/C13H17NO3/c1-9-6-12-13(17-8-16-12)7-11(9)14-5-3-4-10(2)15/h6-7,14H,3-5,8H2,1-2H3. The van der Waals surface area contributed by atoms with Gasteiger partial charge in [-0.15, -0.1) is 0 Å². The van der Waals surface area contributed by atoms with E-state index in [2.05, 4.69) is 5.32 Å². The molecule has 0 saturated heterocycles. The zero-order valence-electron chi connectivity index (χ0n) is 10.2. The van der Waals surface area contributed by atoms with Crippen LogP contribution in [0.1, 0.15) is 25.3 Å². The van der Waals surface area contributed by atoms with E-state index in [-0.39, 0.29) is 5.78 Å². The highest BCUT2D eigenvalue weighted by Gasteiger charge is 2.15. The van der Waals surface area contributed by atoms with Crippen molar-refractivity contribution in [1.29, 1.82) is 0 Å². The third-order valence-electron chi connectivity index (χ3n) is 2.74. The fourth-order valence-electron chi connectivity index (χ4n) is 1.79. The molecule has 0 unspecified atom stereocenters. The van der Waals surface area contributed by atoms with Gasteiger partial charge in [0.1, 0.15) is 5.78 Å². The zero-order chi connectivity index (χ0) is 12.3. The van der Waals surface area contributed by atoms with Crippen LogP contribution in [0.25, 0.3) is 0 Å². The van der Waals surface area contributed by atoms with Gasteiger partial charge in [-0.3, -0.25) is 0 Å². The number of Topliss-reactive ketones (excluding diaryl/α,β-unsaturated/α-hetero) is 1. The molecule has 1 aliphatic heterocycles. The Morgan fingerprint density at radius 1 is 1.35 bits per heavy atom. The van der Waals surface area contributed by atoms with E-state index >= 15 is 0 Å². The summed E-state index contributed by atoms with van der Waals surface area (Å²) in [5.41, 5.74) is 2.16. The number of anilines is 1. The number of fused-ring (bicyclic) bond motifs is 1. The van der Waals surface area contributed by atoms with Gasteiger partial charge in [0.2, 0.25) is 6.79 Å². The summed E-state index contributed by atoms with van der Waals surface area (Å²) in [5, 5.41) is 3.31. The first kappa shape index (κ1) is 11.8. The van der Waals surface area contributed by atoms with E-state index in [4.69, 9.17) is 9.47 Å². The van der Waals surface area contributed by atoms with E-state index in [9.17, 15) is 4.79 Å². The average molecular weight is 235 g/mol. The van der Waals surface area contributed by atoms with E-state index in [1.54, 1.807) is 6.92 Å². The van der Waals surface area contributed by atoms with Gasteiger partial charge in [-0.05, 0) is 31.9 Å². The third kappa shape index (κ3) is 2.90. The number of aryl methyl sites for hydroxylation is 1. The minimum atomic E-state index is 0.231. The molecule has 17 heavy (non-hydrogen) atoms. The number of carbonyl (C=O) groups is 1. The summed E-state index contributed by atoms with van der Waals surface area (Å²) in [5.74, 6) is 1.82. The number of rotatable bonds is 5. The summed E-state index contributed by atoms with van der Waals surface area (Å²) in [6, 6.07) is 3.92. The Morgan fingerprint density at radius 3 is 2.76 bits per heavy atom. The molecule has 1 N–H and O–H groups in total. The van der Waals surface area contributed by atoms with Crippen LogP contribution in [-0.4, -0.2) is 19.1 Å². The highest BCUT2D eigenvalue weighted by Crippen LogP contribution is 2.36. The van der Waals surface area contributed by atoms with Crippen LogP contribution in [0.2, 0.25) is 0 Å². The molecule has 0 radical (unpaired) electrons. The Bertz CT molecular complexity index is 429. The lowest BCUT2D eigenvalue weighted by Gasteiger charge is -2.10. The van der Waals surface area contributed by atoms with E-state index in [1.165, 1.54) is 0 Å². The fraction of sp³-hybridized carbons (Fsp3) is 0.462. The van der Waals surface area contributed by atoms with Crippen LogP contribution in [0.15, 0.2) is 12.1 Å². The molecule has 4 nitrogen and oxygen atoms in total. The van der Waals surface area contributed by atoms with Crippen molar-refractivity contribution >= 4 is 11.5 Å². The molecular weight excluding hydrogens is 218 g/mol. The van der Waals surface area contributed by atoms with Crippen molar-refractivity contribution in [2.24, 2.45) is 0 Å². The number of hydrogen-bond donors (Lipinski definition) is 1. The maximum Gasteiger partial charge on any atom is 0.231 e. The SMILES string of the molecule is CC(=O)CCCNc1cc2c(cc1C)OCO2. The fourth-order valence-corrected chi connectivity index (χ4v) is 1.79. The monoisotopic (exact) mass is 235 g/mol. The number of ether oxygens (including phenoxy) is 2. The molecule has 92 valence electrons. The van der Waals surface area contributed by atoms with Gasteiger partial charge in [0.25, 0.3) is 0 Å². The van der Waals surface area contributed by atoms with E-state index in [1.807, 2.05) is 19.1 Å². The molecule has 0 fully saturated rings. The number of hydrogen-bond acceptors (Lipinski definition) is 4. The molecule has 0 atom stereocenters. The smallest absolute Gasteiger partial charge is 0.231 e. The Hall–Kier alpha value is -1.71. The predicted molar refractivity (Wildman–Crippen MR) is 65.7 cm³/mol. The molecule has 1 heterocycles. The van der Waals surface area contributed by atoms with Crippen LogP contribution in [0.3, 0.4) is 0 Å². The third-order valence-corrected chi connectivity index (χ3v) is 2.74. The highest BCUT2D eigenvalue weighted by atomic mass is 16.7. The van der Waals surface area contributed by atoms with Gasteiger partial charge in [-0.2, -0.15) is 0 Å². The molecule has 1 aromatic carbocycles. The Kier molecular flexibility index (Phi) is 3.52. The van der Waals surface area contributed by atoms with Crippen molar-refractivity contribution in [3.8, 4) is 11.5 Å². The molecular formula is C13H17NO3. The first-order valence-electron chi connectivity index (χ1n) is 5.80. The van der Waals surface area contributed by atoms with Gasteiger partial charge in [0, 0.05) is 24.7 Å². The van der Waals surface area contributed by atoms with Crippen molar-refractivity contribution in [3.05, 3.63) is 17.7 Å². The molecule has 2 rings (SSSR count). The Labute approximate surface area is 101 Å². The average Bonchev–Trinajstić information content (AvgIpc) is 2.71. The molecule has 4 heteroatoms. The van der Waals surface area contributed by atoms with Gasteiger partial charge in [0.05, 0.1) is 0 Å². The summed E-state index contributed by atoms with van der Waals surface area (Å²) in [6.07, 6.45) is 1.47. The van der Waals surface area contributed by atoms with Gasteiger partial charge in [0.15, 0.2) is 11.5 Å². The lowest BCUT2D eigenvalue weighted by molar-refractivity contribution is -0.117. The van der Waals surface area contributed by atoms with Gasteiger partial charge >= 0.3 is 0 Å². The van der Waals surface area contributed by atoms with Crippen molar-refractivity contribution in [2.75, 3.05) is 18.7 Å². The van der Waals surface area contributed by atoms with Gasteiger partial charge < -0.3 is 19.6 Å². The summed E-state index contributed by atoms with van der Waals surface area (Å²) < 4.78 is 10.6. The largest absolute Gasteiger partial charge is 0.454 e. The second-order valence-electron chi connectivity index (χ2n) is 4.25. The Balaban J connectivity index is 1.94. The maximum absolute atomic E-state index is 10.8. The van der Waals surface area contributed by atoms with E-state index in [0.29, 0.717) is 13.2 Å². The molecule has 0 bridgehead atoms. The van der Waals surface area contributed by atoms with E-state index in [0.717, 1.165) is 35.7 Å². The summed E-state index contributed by atoms with van der Waals surface area (Å²) >= 11 is 0. The molecule has 0 aromatic heterocycles. The van der Waals surface area contributed by atoms with Crippen molar-refractivity contribution < 1.29 is 14.3 Å². The van der Waals surface area contributed by atoms with Gasteiger partial charge in [-0.1, -0.05) is 0 Å². The number of benzene rings is 1. The van der Waals surface area contributed by atoms with Crippen LogP contribution in [0.5, 0.6) is 11.5 Å². The molecule has 0 amide bonds. The topological polar surface area (TPSA) is 47.6 Å². The van der Waals surface area contributed by atoms with Crippen LogP contribution >= 0.6 is 0 Å². The highest BCUT2D eigenvalue weighted by molar-refractivity contribution is 5.75. The molecule has 1 aliphatic rings. The molecule has 0 aliphatic carbocycles. The summed E-state index contributed by atoms with van der Waals surface area (Å²) in [7, 11) is 0. The summed E-state index contributed by atoms with van der Waals surface area (Å²) in [6.45, 7) is 4.73. The first-order chi connectivity index (χ1) is 8.16. The van der Waals surface area contributed by atoms with Crippen molar-refractivity contribution in [3.63, 3.8) is 0 Å². The van der Waals surface area contributed by atoms with Crippen LogP contribution < -0.4 is 14.8 Å². The van der Waals surface area contributed by atoms with Crippen LogP contribution in [0, 0.1) is 6.92 Å². The quantitative estimate of drug-likeness (QED) is 0.796. The number of ketones is 1. The second-order valence-corrected chi connectivity index (χ2v) is 4.25. The molecule has 0 saturated carbocycles. The number of nitrogens with one attached hydrogen (secondary N) is 1. The number of carbonyl (C=O) groups excluding carboxylic acids is 1. The lowest BCUT2D eigenvalue weighted by Crippen LogP contribution is -2.04. The predicted octanol–water partition coefficient (Wildman–Crippen LogP) is 2.50. The minimum absolute atomic E-state index is 0.231.